The van der Waals surface area contributed by atoms with Crippen molar-refractivity contribution < 1.29 is 9.90 Å². The van der Waals surface area contributed by atoms with Crippen molar-refractivity contribution in [3.05, 3.63) is 29.0 Å². The van der Waals surface area contributed by atoms with Crippen LogP contribution in [0.4, 0.5) is 0 Å². The molecule has 1 aromatic rings. The maximum atomic E-state index is 10.7. The minimum Gasteiger partial charge on any atom is -0.481 e. The minimum atomic E-state index is -0.768. The predicted octanol–water partition coefficient (Wildman–Crippen LogP) is 2.24. The Labute approximate surface area is 86.7 Å². The fraction of sp³-hybridized carbons (Fsp3) is 0.400. The predicted molar refractivity (Wildman–Crippen MR) is 52.4 cm³/mol. The Bertz CT molecular complexity index is 374. The van der Waals surface area contributed by atoms with Crippen molar-refractivity contribution in [3.8, 4) is 0 Å². The van der Waals surface area contributed by atoms with Crippen LogP contribution >= 0.6 is 11.6 Å². The van der Waals surface area contributed by atoms with Gasteiger partial charge in [0.1, 0.15) is 0 Å². The third-order valence-electron chi connectivity index (χ3n) is 2.69. The number of aliphatic carboxylic acids is 1. The molecule has 0 saturated heterocycles. The zero-order chi connectivity index (χ0) is 10.2. The third-order valence-corrected chi connectivity index (χ3v) is 2.99. The smallest absolute Gasteiger partial charge is 0.304 e. The summed E-state index contributed by atoms with van der Waals surface area (Å²) in [5.74, 6) is -0.768. The van der Waals surface area contributed by atoms with Crippen molar-refractivity contribution in [2.75, 3.05) is 0 Å². The Morgan fingerprint density at radius 1 is 1.64 bits per heavy atom. The average Bonchev–Trinajstić information content (AvgIpc) is 2.85. The van der Waals surface area contributed by atoms with Gasteiger partial charge in [-0.05, 0) is 24.5 Å². The highest BCUT2D eigenvalue weighted by molar-refractivity contribution is 6.31. The van der Waals surface area contributed by atoms with Crippen molar-refractivity contribution in [1.82, 2.24) is 4.98 Å². The largest absolute Gasteiger partial charge is 0.481 e. The van der Waals surface area contributed by atoms with Crippen LogP contribution in [0, 0.1) is 0 Å². The molecule has 0 aliphatic heterocycles. The highest BCUT2D eigenvalue weighted by Gasteiger charge is 2.47. The number of carbonyl (C=O) groups is 1. The summed E-state index contributed by atoms with van der Waals surface area (Å²) in [5, 5.41) is 9.36. The van der Waals surface area contributed by atoms with Gasteiger partial charge in [-0.15, -0.1) is 0 Å². The molecule has 4 heteroatoms. The molecule has 0 aromatic carbocycles. The van der Waals surface area contributed by atoms with E-state index in [1.54, 1.807) is 12.4 Å². The molecule has 0 spiro atoms. The molecular formula is C10H10ClNO2. The Morgan fingerprint density at radius 3 is 2.86 bits per heavy atom. The summed E-state index contributed by atoms with van der Waals surface area (Å²) in [6.07, 6.45) is 5.20. The summed E-state index contributed by atoms with van der Waals surface area (Å²) in [5.41, 5.74) is 0.711. The van der Waals surface area contributed by atoms with E-state index in [0.29, 0.717) is 5.02 Å². The van der Waals surface area contributed by atoms with Crippen LogP contribution < -0.4 is 0 Å². The SMILES string of the molecule is O=C(O)CC1(c2ccncc2Cl)CC1. The number of nitrogens with zero attached hydrogens (tertiary/aromatic N) is 1. The quantitative estimate of drug-likeness (QED) is 0.834. The van der Waals surface area contributed by atoms with E-state index >= 15 is 0 Å². The van der Waals surface area contributed by atoms with Crippen molar-refractivity contribution in [3.63, 3.8) is 0 Å². The van der Waals surface area contributed by atoms with Crippen LogP contribution in [0.5, 0.6) is 0 Å². The van der Waals surface area contributed by atoms with Crippen molar-refractivity contribution in [1.29, 1.82) is 0 Å². The molecule has 1 saturated carbocycles. The molecule has 0 bridgehead atoms. The maximum Gasteiger partial charge on any atom is 0.304 e. The van der Waals surface area contributed by atoms with Gasteiger partial charge < -0.3 is 5.11 Å². The zero-order valence-electron chi connectivity index (χ0n) is 7.53. The van der Waals surface area contributed by atoms with E-state index in [0.717, 1.165) is 18.4 Å². The summed E-state index contributed by atoms with van der Waals surface area (Å²) in [4.78, 5) is 14.6. The number of carboxylic acid groups (broad SMARTS) is 1. The highest BCUT2D eigenvalue weighted by atomic mass is 35.5. The topological polar surface area (TPSA) is 50.2 Å². The Morgan fingerprint density at radius 2 is 2.36 bits per heavy atom. The van der Waals surface area contributed by atoms with Gasteiger partial charge in [-0.3, -0.25) is 9.78 Å². The molecule has 0 amide bonds. The van der Waals surface area contributed by atoms with Crippen molar-refractivity contribution in [2.45, 2.75) is 24.7 Å². The van der Waals surface area contributed by atoms with Gasteiger partial charge in [0.25, 0.3) is 0 Å². The standard InChI is InChI=1S/C10H10ClNO2/c11-8-6-12-4-1-7(8)10(2-3-10)5-9(13)14/h1,4,6H,2-3,5H2,(H,13,14). The summed E-state index contributed by atoms with van der Waals surface area (Å²) < 4.78 is 0. The van der Waals surface area contributed by atoms with E-state index in [-0.39, 0.29) is 11.8 Å². The second-order valence-corrected chi connectivity index (χ2v) is 4.11. The van der Waals surface area contributed by atoms with E-state index < -0.39 is 5.97 Å². The van der Waals surface area contributed by atoms with Crippen LogP contribution in [-0.2, 0) is 10.2 Å². The molecule has 74 valence electrons. The molecule has 1 fully saturated rings. The van der Waals surface area contributed by atoms with Crippen LogP contribution in [0.25, 0.3) is 0 Å². The van der Waals surface area contributed by atoms with Gasteiger partial charge in [0.2, 0.25) is 0 Å². The fourth-order valence-corrected chi connectivity index (χ4v) is 2.11. The molecule has 2 rings (SSSR count). The van der Waals surface area contributed by atoms with Crippen LogP contribution in [0.3, 0.4) is 0 Å². The summed E-state index contributed by atoms with van der Waals surface area (Å²) in [6.45, 7) is 0. The molecule has 1 aliphatic rings. The van der Waals surface area contributed by atoms with E-state index in [1.165, 1.54) is 0 Å². The van der Waals surface area contributed by atoms with Crippen LogP contribution in [0.15, 0.2) is 18.5 Å². The Hall–Kier alpha value is -1.09. The van der Waals surface area contributed by atoms with Crippen molar-refractivity contribution >= 4 is 17.6 Å². The monoisotopic (exact) mass is 211 g/mol. The molecule has 1 aliphatic carbocycles. The lowest BCUT2D eigenvalue weighted by molar-refractivity contribution is -0.137. The summed E-state index contributed by atoms with van der Waals surface area (Å²) in [7, 11) is 0. The lowest BCUT2D eigenvalue weighted by Gasteiger charge is -2.13. The van der Waals surface area contributed by atoms with E-state index in [2.05, 4.69) is 4.98 Å². The summed E-state index contributed by atoms with van der Waals surface area (Å²) >= 11 is 5.98. The third kappa shape index (κ3) is 1.60. The lowest BCUT2D eigenvalue weighted by Crippen LogP contribution is -2.13. The zero-order valence-corrected chi connectivity index (χ0v) is 8.29. The van der Waals surface area contributed by atoms with Gasteiger partial charge in [-0.2, -0.15) is 0 Å². The first-order valence-corrected chi connectivity index (χ1v) is 4.84. The highest BCUT2D eigenvalue weighted by Crippen LogP contribution is 2.52. The molecular weight excluding hydrogens is 202 g/mol. The maximum absolute atomic E-state index is 10.7. The first-order valence-electron chi connectivity index (χ1n) is 4.46. The molecule has 14 heavy (non-hydrogen) atoms. The van der Waals surface area contributed by atoms with Crippen molar-refractivity contribution in [2.24, 2.45) is 0 Å². The molecule has 3 nitrogen and oxygen atoms in total. The average molecular weight is 212 g/mol. The molecule has 0 radical (unpaired) electrons. The Kier molecular flexibility index (Phi) is 2.19. The van der Waals surface area contributed by atoms with Gasteiger partial charge in [0.05, 0.1) is 11.4 Å². The fourth-order valence-electron chi connectivity index (χ4n) is 1.79. The molecule has 0 atom stereocenters. The molecule has 1 N–H and O–H groups in total. The van der Waals surface area contributed by atoms with Gasteiger partial charge in [0, 0.05) is 17.8 Å². The number of aromatic nitrogens is 1. The second kappa shape index (κ2) is 3.24. The van der Waals surface area contributed by atoms with Gasteiger partial charge in [-0.1, -0.05) is 11.6 Å². The normalized spacial score (nSPS) is 17.8. The first kappa shape index (κ1) is 9.46. The second-order valence-electron chi connectivity index (χ2n) is 3.71. The van der Waals surface area contributed by atoms with Crippen LogP contribution in [0.2, 0.25) is 5.02 Å². The van der Waals surface area contributed by atoms with Crippen LogP contribution in [-0.4, -0.2) is 16.1 Å². The lowest BCUT2D eigenvalue weighted by atomic mass is 9.93. The molecule has 1 aromatic heterocycles. The Balaban J connectivity index is 2.31. The number of halogens is 1. The summed E-state index contributed by atoms with van der Waals surface area (Å²) in [6, 6.07) is 1.82. The van der Waals surface area contributed by atoms with E-state index in [1.807, 2.05) is 6.07 Å². The van der Waals surface area contributed by atoms with E-state index in [4.69, 9.17) is 16.7 Å². The van der Waals surface area contributed by atoms with Gasteiger partial charge >= 0.3 is 5.97 Å². The minimum absolute atomic E-state index is 0.163. The van der Waals surface area contributed by atoms with Gasteiger partial charge in [0.15, 0.2) is 0 Å². The molecule has 0 unspecified atom stereocenters. The number of carboxylic acids is 1. The van der Waals surface area contributed by atoms with Gasteiger partial charge in [-0.25, -0.2) is 0 Å². The number of hydrogen-bond acceptors (Lipinski definition) is 2. The number of rotatable bonds is 3. The first-order chi connectivity index (χ1) is 6.64. The van der Waals surface area contributed by atoms with Crippen LogP contribution in [0.1, 0.15) is 24.8 Å². The van der Waals surface area contributed by atoms with E-state index in [9.17, 15) is 4.79 Å². The number of pyridine rings is 1. The molecule has 1 heterocycles. The number of hydrogen-bond donors (Lipinski definition) is 1.